The van der Waals surface area contributed by atoms with Gasteiger partial charge < -0.3 is 41.7 Å². The first-order chi connectivity index (χ1) is 12.0. The summed E-state index contributed by atoms with van der Waals surface area (Å²) in [6, 6.07) is -0.884. The van der Waals surface area contributed by atoms with Gasteiger partial charge in [0.25, 0.3) is 0 Å². The molecular weight excluding hydrogens is 358 g/mol. The van der Waals surface area contributed by atoms with E-state index >= 15 is 0 Å². The summed E-state index contributed by atoms with van der Waals surface area (Å²) in [6.07, 6.45) is -3.06. The quantitative estimate of drug-likeness (QED) is 0.116. The van der Waals surface area contributed by atoms with Crippen LogP contribution in [0.3, 0.4) is 0 Å². The van der Waals surface area contributed by atoms with Crippen LogP contribution < -0.4 is 16.9 Å². The van der Waals surface area contributed by atoms with Crippen molar-refractivity contribution in [3.8, 4) is 0 Å². The molecule has 2 heterocycles. The Bertz CT molecular complexity index is 570. The highest BCUT2D eigenvalue weighted by Gasteiger charge is 2.46. The minimum absolute atomic E-state index is 0.129. The van der Waals surface area contributed by atoms with Crippen molar-refractivity contribution in [3.63, 3.8) is 0 Å². The van der Waals surface area contributed by atoms with Crippen LogP contribution in [0.5, 0.6) is 0 Å². The molecule has 12 nitrogen and oxygen atoms in total. The number of alkyl halides is 1. The summed E-state index contributed by atoms with van der Waals surface area (Å²) in [5, 5.41) is 41.2. The van der Waals surface area contributed by atoms with Gasteiger partial charge in [0.2, 0.25) is 5.96 Å². The molecule has 2 unspecified atom stereocenters. The van der Waals surface area contributed by atoms with Crippen molar-refractivity contribution in [1.29, 1.82) is 0 Å². The molecule has 0 saturated carbocycles. The first-order valence-corrected chi connectivity index (χ1v) is 8.03. The molecule has 13 heteroatoms. The second-order valence-corrected chi connectivity index (χ2v) is 5.70. The molecule has 0 radical (unpaired) electrons. The monoisotopic (exact) mass is 379 g/mol. The number of aromatic nitrogens is 3. The number of ether oxygens (including phenoxy) is 2. The van der Waals surface area contributed by atoms with E-state index in [4.69, 9.17) is 32.5 Å². The minimum Gasteiger partial charge on any atom is -0.394 e. The molecule has 142 valence electrons. The van der Waals surface area contributed by atoms with Crippen LogP contribution in [-0.4, -0.2) is 80.0 Å². The van der Waals surface area contributed by atoms with Gasteiger partial charge in [0.1, 0.15) is 30.0 Å². The number of aliphatic hydroxyl groups excluding tert-OH is 3. The SMILES string of the molecule is NC(N)=NNCc1cn(C2[C@@H](OCCCl)OC(CO)[C@@H](O)[C@@H]2O)nn1. The lowest BCUT2D eigenvalue weighted by Crippen LogP contribution is -2.57. The first-order valence-electron chi connectivity index (χ1n) is 7.50. The highest BCUT2D eigenvalue weighted by molar-refractivity contribution is 6.17. The molecule has 1 aromatic heterocycles. The summed E-state index contributed by atoms with van der Waals surface area (Å²) in [5.41, 5.74) is 13.5. The van der Waals surface area contributed by atoms with Gasteiger partial charge >= 0.3 is 0 Å². The molecule has 0 amide bonds. The summed E-state index contributed by atoms with van der Waals surface area (Å²) >= 11 is 5.62. The van der Waals surface area contributed by atoms with Crippen LogP contribution in [0.4, 0.5) is 0 Å². The van der Waals surface area contributed by atoms with E-state index in [9.17, 15) is 15.3 Å². The number of nitrogens with one attached hydrogen (secondary N) is 1. The Morgan fingerprint density at radius 3 is 2.84 bits per heavy atom. The molecular formula is C12H22ClN7O5. The maximum atomic E-state index is 10.4. The summed E-state index contributed by atoms with van der Waals surface area (Å²) in [7, 11) is 0. The third-order valence-corrected chi connectivity index (χ3v) is 3.69. The second kappa shape index (κ2) is 9.12. The van der Waals surface area contributed by atoms with Crippen molar-refractivity contribution in [2.24, 2.45) is 16.6 Å². The average Bonchev–Trinajstić information content (AvgIpc) is 3.03. The van der Waals surface area contributed by atoms with Gasteiger partial charge in [-0.15, -0.1) is 21.8 Å². The Morgan fingerprint density at radius 1 is 1.44 bits per heavy atom. The van der Waals surface area contributed by atoms with E-state index in [0.29, 0.717) is 5.69 Å². The Morgan fingerprint density at radius 2 is 2.20 bits per heavy atom. The Kier molecular flexibility index (Phi) is 7.16. The fraction of sp³-hybridized carbons (Fsp3) is 0.750. The van der Waals surface area contributed by atoms with Gasteiger partial charge in [-0.1, -0.05) is 5.21 Å². The second-order valence-electron chi connectivity index (χ2n) is 5.32. The third kappa shape index (κ3) is 4.90. The maximum Gasteiger partial charge on any atom is 0.208 e. The van der Waals surface area contributed by atoms with E-state index in [1.807, 2.05) is 0 Å². The predicted octanol–water partition coefficient (Wildman–Crippen LogP) is -3.21. The largest absolute Gasteiger partial charge is 0.394 e. The molecule has 5 atom stereocenters. The van der Waals surface area contributed by atoms with E-state index in [1.54, 1.807) is 0 Å². The lowest BCUT2D eigenvalue weighted by atomic mass is 9.97. The summed E-state index contributed by atoms with van der Waals surface area (Å²) in [5.74, 6) is 0.0799. The summed E-state index contributed by atoms with van der Waals surface area (Å²) in [4.78, 5) is 0. The van der Waals surface area contributed by atoms with Crippen LogP contribution in [0.15, 0.2) is 11.3 Å². The molecule has 1 aliphatic heterocycles. The molecule has 8 N–H and O–H groups in total. The normalized spacial score (nSPS) is 29.4. The highest BCUT2D eigenvalue weighted by atomic mass is 35.5. The molecule has 0 aliphatic carbocycles. The van der Waals surface area contributed by atoms with Crippen LogP contribution in [-0.2, 0) is 16.0 Å². The van der Waals surface area contributed by atoms with E-state index in [-0.39, 0.29) is 25.0 Å². The van der Waals surface area contributed by atoms with E-state index in [2.05, 4.69) is 20.8 Å². The fourth-order valence-electron chi connectivity index (χ4n) is 2.40. The zero-order valence-electron chi connectivity index (χ0n) is 13.3. The van der Waals surface area contributed by atoms with E-state index in [1.165, 1.54) is 10.9 Å². The smallest absolute Gasteiger partial charge is 0.208 e. The summed E-state index contributed by atoms with van der Waals surface area (Å²) < 4.78 is 12.3. The van der Waals surface area contributed by atoms with Crippen molar-refractivity contribution in [2.45, 2.75) is 37.2 Å². The van der Waals surface area contributed by atoms with Crippen LogP contribution >= 0.6 is 11.6 Å². The van der Waals surface area contributed by atoms with Gasteiger partial charge in [-0.25, -0.2) is 4.68 Å². The van der Waals surface area contributed by atoms with E-state index in [0.717, 1.165) is 0 Å². The van der Waals surface area contributed by atoms with Gasteiger partial charge in [-0.2, -0.15) is 0 Å². The number of halogens is 1. The molecule has 0 spiro atoms. The molecule has 1 aromatic rings. The van der Waals surface area contributed by atoms with Crippen molar-refractivity contribution < 1.29 is 24.8 Å². The number of hydrazone groups is 1. The molecule has 2 rings (SSSR count). The van der Waals surface area contributed by atoms with Crippen LogP contribution in [0, 0.1) is 0 Å². The predicted molar refractivity (Wildman–Crippen MR) is 86.1 cm³/mol. The fourth-order valence-corrected chi connectivity index (χ4v) is 2.49. The van der Waals surface area contributed by atoms with Crippen molar-refractivity contribution in [1.82, 2.24) is 20.4 Å². The molecule has 1 saturated heterocycles. The first kappa shape index (κ1) is 19.6. The van der Waals surface area contributed by atoms with Crippen LogP contribution in [0.1, 0.15) is 11.7 Å². The molecule has 1 fully saturated rings. The van der Waals surface area contributed by atoms with Crippen molar-refractivity contribution in [2.75, 3.05) is 19.1 Å². The number of guanidine groups is 1. The Labute approximate surface area is 148 Å². The molecule has 25 heavy (non-hydrogen) atoms. The standard InChI is InChI=1S/C12H22ClN7O5/c13-1-2-24-11-8(10(23)9(22)7(5-21)25-11)20-4-6(17-19-20)3-16-18-12(14)15/h4,7-11,16,21-23H,1-3,5H2,(H4,14,15,18)/t7?,8?,9-,10-,11+/m1/s1. The Balaban J connectivity index is 2.15. The summed E-state index contributed by atoms with van der Waals surface area (Å²) in [6.45, 7) is -0.134. The number of nitrogens with two attached hydrogens (primary N) is 2. The molecule has 0 bridgehead atoms. The van der Waals surface area contributed by atoms with Crippen LogP contribution in [0.2, 0.25) is 0 Å². The molecule has 0 aromatic carbocycles. The maximum absolute atomic E-state index is 10.4. The van der Waals surface area contributed by atoms with Crippen molar-refractivity contribution >= 4 is 17.6 Å². The van der Waals surface area contributed by atoms with Gasteiger partial charge in [-0.3, -0.25) is 0 Å². The van der Waals surface area contributed by atoms with Gasteiger partial charge in [-0.05, 0) is 0 Å². The van der Waals surface area contributed by atoms with Crippen molar-refractivity contribution in [3.05, 3.63) is 11.9 Å². The zero-order chi connectivity index (χ0) is 18.4. The number of rotatable bonds is 8. The van der Waals surface area contributed by atoms with Gasteiger partial charge in [0.05, 0.1) is 26.0 Å². The lowest BCUT2D eigenvalue weighted by Gasteiger charge is -2.41. The number of hydrogen-bond donors (Lipinski definition) is 6. The number of aliphatic hydroxyl groups is 3. The number of nitrogens with zero attached hydrogens (tertiary/aromatic N) is 4. The highest BCUT2D eigenvalue weighted by Crippen LogP contribution is 2.30. The Hall–Kier alpha value is -1.70. The van der Waals surface area contributed by atoms with Crippen LogP contribution in [0.25, 0.3) is 0 Å². The van der Waals surface area contributed by atoms with E-state index < -0.39 is 37.3 Å². The topological polar surface area (TPSA) is 186 Å². The average molecular weight is 380 g/mol. The number of hydrogen-bond acceptors (Lipinski definition) is 9. The van der Waals surface area contributed by atoms with Gasteiger partial charge in [0, 0.05) is 5.88 Å². The third-order valence-electron chi connectivity index (χ3n) is 3.54. The van der Waals surface area contributed by atoms with Gasteiger partial charge in [0.15, 0.2) is 6.29 Å². The lowest BCUT2D eigenvalue weighted by molar-refractivity contribution is -0.280. The molecule has 1 aliphatic rings. The zero-order valence-corrected chi connectivity index (χ0v) is 14.0. The minimum atomic E-state index is -1.32.